The van der Waals surface area contributed by atoms with Crippen LogP contribution < -0.4 is 24.3 Å². The third-order valence-electron chi connectivity index (χ3n) is 4.27. The fraction of sp³-hybridized carbons (Fsp3) is 0.364. The number of nitrogens with zero attached hydrogens (tertiary/aromatic N) is 2. The van der Waals surface area contributed by atoms with E-state index in [0.717, 1.165) is 0 Å². The zero-order valence-electron chi connectivity index (χ0n) is 18.9. The molecule has 0 aliphatic heterocycles. The topological polar surface area (TPSA) is 108 Å². The molecule has 1 atom stereocenters. The molecule has 178 valence electrons. The molecular weight excluding hydrogens is 473 g/mol. The van der Waals surface area contributed by atoms with Crippen molar-refractivity contribution >= 4 is 46.3 Å². The Morgan fingerprint density at radius 3 is 2.21 bits per heavy atom. The third kappa shape index (κ3) is 6.49. The van der Waals surface area contributed by atoms with Gasteiger partial charge in [0.1, 0.15) is 17.2 Å². The lowest BCUT2D eigenvalue weighted by Crippen LogP contribution is -2.32. The van der Waals surface area contributed by atoms with Crippen LogP contribution in [0.1, 0.15) is 20.8 Å². The van der Waals surface area contributed by atoms with Crippen molar-refractivity contribution in [2.75, 3.05) is 32.8 Å². The molecule has 2 aromatic carbocycles. The number of ether oxygens (including phenoxy) is 4. The van der Waals surface area contributed by atoms with Crippen molar-refractivity contribution in [3.63, 3.8) is 0 Å². The second kappa shape index (κ2) is 12.3. The number of methoxy groups -OCH3 is 2. The number of amides is 1. The van der Waals surface area contributed by atoms with E-state index in [4.69, 9.17) is 42.1 Å². The molecule has 0 heterocycles. The number of halogens is 2. The smallest absolute Gasteiger partial charge is 0.258 e. The molecule has 0 aliphatic carbocycles. The van der Waals surface area contributed by atoms with Gasteiger partial charge in [-0.05, 0) is 39.0 Å². The number of rotatable bonds is 11. The predicted molar refractivity (Wildman–Crippen MR) is 126 cm³/mol. The van der Waals surface area contributed by atoms with Gasteiger partial charge in [0.15, 0.2) is 17.3 Å². The molecule has 11 heteroatoms. The molecule has 2 rings (SSSR count). The number of carbonyl (C=O) groups excluding carboxylic acids is 2. The lowest BCUT2D eigenvalue weighted by Gasteiger charge is -2.16. The molecule has 33 heavy (non-hydrogen) atoms. The minimum absolute atomic E-state index is 0.122. The largest absolute Gasteiger partial charge is 0.493 e. The van der Waals surface area contributed by atoms with Gasteiger partial charge in [0.05, 0.1) is 43.2 Å². The van der Waals surface area contributed by atoms with Gasteiger partial charge in [0, 0.05) is 6.07 Å². The Hall–Kier alpha value is -3.04. The van der Waals surface area contributed by atoms with Crippen LogP contribution in [0, 0.1) is 0 Å². The molecule has 9 nitrogen and oxygen atoms in total. The molecule has 1 N–H and O–H groups in total. The SMILES string of the molecule is CCOc1cc(OCC)c(NC(=O)C(N=Nc2c(Cl)ccc(OC)c2OC)C(C)=O)cc1Cl. The minimum atomic E-state index is -1.46. The summed E-state index contributed by atoms with van der Waals surface area (Å²) in [6.07, 6.45) is 0. The van der Waals surface area contributed by atoms with E-state index in [0.29, 0.717) is 30.5 Å². The van der Waals surface area contributed by atoms with E-state index in [1.54, 1.807) is 19.1 Å². The Morgan fingerprint density at radius 1 is 0.970 bits per heavy atom. The summed E-state index contributed by atoms with van der Waals surface area (Å²) in [5, 5.41) is 11.0. The summed E-state index contributed by atoms with van der Waals surface area (Å²) >= 11 is 12.5. The maximum atomic E-state index is 12.9. The van der Waals surface area contributed by atoms with Crippen molar-refractivity contribution in [3.05, 3.63) is 34.3 Å². The van der Waals surface area contributed by atoms with E-state index in [1.807, 2.05) is 6.92 Å². The Bertz CT molecular complexity index is 1050. The molecule has 1 unspecified atom stereocenters. The third-order valence-corrected chi connectivity index (χ3v) is 4.87. The highest BCUT2D eigenvalue weighted by molar-refractivity contribution is 6.33. The van der Waals surface area contributed by atoms with Gasteiger partial charge in [-0.15, -0.1) is 5.11 Å². The normalized spacial score (nSPS) is 11.7. The van der Waals surface area contributed by atoms with Gasteiger partial charge in [0.2, 0.25) is 6.04 Å². The summed E-state index contributed by atoms with van der Waals surface area (Å²) in [4.78, 5) is 25.1. The Balaban J connectivity index is 2.38. The highest BCUT2D eigenvalue weighted by Crippen LogP contribution is 2.42. The standard InChI is InChI=1S/C22H25Cl2N3O6/c1-6-32-17-11-18(33-7-2)15(10-14(17)24)25-22(29)19(12(3)28)26-27-20-13(23)8-9-16(30-4)21(20)31-5/h8-11,19H,6-7H2,1-5H3,(H,25,29). The van der Waals surface area contributed by atoms with Crippen molar-refractivity contribution in [3.8, 4) is 23.0 Å². The number of nitrogens with one attached hydrogen (secondary N) is 1. The van der Waals surface area contributed by atoms with Gasteiger partial charge in [-0.1, -0.05) is 23.2 Å². The first kappa shape index (κ1) is 26.2. The van der Waals surface area contributed by atoms with Crippen LogP contribution in [0.2, 0.25) is 10.0 Å². The Kier molecular flexibility index (Phi) is 9.74. The number of benzene rings is 2. The average Bonchev–Trinajstić information content (AvgIpc) is 2.77. The molecule has 2 aromatic rings. The molecule has 0 fully saturated rings. The molecule has 0 aliphatic rings. The summed E-state index contributed by atoms with van der Waals surface area (Å²) in [6, 6.07) is 4.72. The van der Waals surface area contributed by atoms with Gasteiger partial charge in [-0.3, -0.25) is 9.59 Å². The van der Waals surface area contributed by atoms with Crippen LogP contribution in [-0.4, -0.2) is 45.2 Å². The van der Waals surface area contributed by atoms with Gasteiger partial charge in [-0.25, -0.2) is 0 Å². The highest BCUT2D eigenvalue weighted by atomic mass is 35.5. The minimum Gasteiger partial charge on any atom is -0.493 e. The van der Waals surface area contributed by atoms with Crippen LogP contribution in [-0.2, 0) is 9.59 Å². The summed E-state index contributed by atoms with van der Waals surface area (Å²) in [6.45, 7) is 5.57. The van der Waals surface area contributed by atoms with Gasteiger partial charge < -0.3 is 24.3 Å². The molecule has 0 saturated heterocycles. The van der Waals surface area contributed by atoms with Crippen LogP contribution >= 0.6 is 23.2 Å². The maximum absolute atomic E-state index is 12.9. The molecule has 1 amide bonds. The summed E-state index contributed by atoms with van der Waals surface area (Å²) < 4.78 is 21.6. The van der Waals surface area contributed by atoms with Crippen molar-refractivity contribution < 1.29 is 28.5 Å². The van der Waals surface area contributed by atoms with Crippen molar-refractivity contribution in [2.45, 2.75) is 26.8 Å². The van der Waals surface area contributed by atoms with Gasteiger partial charge in [-0.2, -0.15) is 5.11 Å². The summed E-state index contributed by atoms with van der Waals surface area (Å²) in [7, 11) is 2.86. The van der Waals surface area contributed by atoms with E-state index in [9.17, 15) is 9.59 Å². The van der Waals surface area contributed by atoms with Crippen LogP contribution in [0.5, 0.6) is 23.0 Å². The van der Waals surface area contributed by atoms with E-state index in [2.05, 4.69) is 15.5 Å². The number of anilines is 1. The fourth-order valence-corrected chi connectivity index (χ4v) is 3.19. The first-order valence-corrected chi connectivity index (χ1v) is 10.7. The number of hydrogen-bond donors (Lipinski definition) is 1. The van der Waals surface area contributed by atoms with Crippen molar-refractivity contribution in [1.29, 1.82) is 0 Å². The molecule has 0 saturated carbocycles. The van der Waals surface area contributed by atoms with E-state index >= 15 is 0 Å². The Morgan fingerprint density at radius 2 is 1.64 bits per heavy atom. The van der Waals surface area contributed by atoms with Crippen molar-refractivity contribution in [2.24, 2.45) is 10.2 Å². The fourth-order valence-electron chi connectivity index (χ4n) is 2.79. The number of carbonyl (C=O) groups is 2. The Labute approximate surface area is 202 Å². The first-order valence-electron chi connectivity index (χ1n) is 9.99. The maximum Gasteiger partial charge on any atom is 0.258 e. The van der Waals surface area contributed by atoms with Crippen molar-refractivity contribution in [1.82, 2.24) is 0 Å². The van der Waals surface area contributed by atoms with Gasteiger partial charge >= 0.3 is 0 Å². The highest BCUT2D eigenvalue weighted by Gasteiger charge is 2.26. The first-order chi connectivity index (χ1) is 15.8. The van der Waals surface area contributed by atoms with E-state index < -0.39 is 17.7 Å². The molecule has 0 aromatic heterocycles. The second-order valence-corrected chi connectivity index (χ2v) is 7.31. The zero-order valence-corrected chi connectivity index (χ0v) is 20.4. The van der Waals surface area contributed by atoms with E-state index in [1.165, 1.54) is 33.3 Å². The molecule has 0 bridgehead atoms. The van der Waals surface area contributed by atoms with Gasteiger partial charge in [0.25, 0.3) is 5.91 Å². The van der Waals surface area contributed by atoms with Crippen LogP contribution in [0.15, 0.2) is 34.5 Å². The predicted octanol–water partition coefficient (Wildman–Crippen LogP) is 5.49. The van der Waals surface area contributed by atoms with E-state index in [-0.39, 0.29) is 27.2 Å². The number of hydrogen-bond acceptors (Lipinski definition) is 8. The average molecular weight is 498 g/mol. The van der Waals surface area contributed by atoms with Crippen LogP contribution in [0.4, 0.5) is 11.4 Å². The lowest BCUT2D eigenvalue weighted by atomic mass is 10.2. The lowest BCUT2D eigenvalue weighted by molar-refractivity contribution is -0.126. The number of Topliss-reactive ketones (excluding diaryl/α,β-unsaturated/α-hetero) is 1. The summed E-state index contributed by atoms with van der Waals surface area (Å²) in [5.74, 6) is 0.0479. The monoisotopic (exact) mass is 497 g/mol. The second-order valence-electron chi connectivity index (χ2n) is 6.49. The zero-order chi connectivity index (χ0) is 24.5. The molecular formula is C22H25Cl2N3O6. The number of azo groups is 1. The number of ketones is 1. The quantitative estimate of drug-likeness (QED) is 0.324. The molecule has 0 radical (unpaired) electrons. The summed E-state index contributed by atoms with van der Waals surface area (Å²) in [5.41, 5.74) is 0.380. The van der Waals surface area contributed by atoms with Crippen LogP contribution in [0.3, 0.4) is 0 Å². The molecule has 0 spiro atoms. The van der Waals surface area contributed by atoms with Crippen LogP contribution in [0.25, 0.3) is 0 Å².